The second-order valence-electron chi connectivity index (χ2n) is 5.09. The number of likely N-dealkylation sites (tertiary alicyclic amines) is 1. The molecule has 2 nitrogen and oxygen atoms in total. The highest BCUT2D eigenvalue weighted by Gasteiger charge is 2.14. The Morgan fingerprint density at radius 1 is 1.15 bits per heavy atom. The predicted octanol–water partition coefficient (Wildman–Crippen LogP) is 5.10. The summed E-state index contributed by atoms with van der Waals surface area (Å²) in [5, 5.41) is 4.55. The molecule has 1 aliphatic rings. The zero-order chi connectivity index (χ0) is 13.9. The van der Waals surface area contributed by atoms with Gasteiger partial charge in [0, 0.05) is 16.0 Å². The molecule has 0 amide bonds. The third-order valence-corrected chi connectivity index (χ3v) is 4.95. The average molecular weight is 327 g/mol. The van der Waals surface area contributed by atoms with E-state index in [2.05, 4.69) is 10.3 Å². The van der Waals surface area contributed by atoms with Crippen LogP contribution < -0.4 is 0 Å². The minimum atomic E-state index is 0.655. The fraction of sp³-hybridized carbons (Fsp3) is 0.400. The minimum absolute atomic E-state index is 0.655. The number of rotatable bonds is 3. The van der Waals surface area contributed by atoms with Crippen molar-refractivity contribution in [3.63, 3.8) is 0 Å². The number of nitrogens with zero attached hydrogens (tertiary/aromatic N) is 2. The van der Waals surface area contributed by atoms with Gasteiger partial charge in [-0.25, -0.2) is 4.98 Å². The fourth-order valence-electron chi connectivity index (χ4n) is 2.51. The maximum atomic E-state index is 6.23. The van der Waals surface area contributed by atoms with E-state index < -0.39 is 0 Å². The third kappa shape index (κ3) is 3.34. The molecule has 3 rings (SSSR count). The summed E-state index contributed by atoms with van der Waals surface area (Å²) in [4.78, 5) is 7.20. The van der Waals surface area contributed by atoms with E-state index in [0.717, 1.165) is 22.8 Å². The Bertz CT molecular complexity index is 591. The Labute approximate surface area is 133 Å². The quantitative estimate of drug-likeness (QED) is 0.779. The van der Waals surface area contributed by atoms with Crippen molar-refractivity contribution < 1.29 is 0 Å². The van der Waals surface area contributed by atoms with Crippen LogP contribution in [-0.4, -0.2) is 23.0 Å². The van der Waals surface area contributed by atoms with Crippen molar-refractivity contribution >= 4 is 34.5 Å². The van der Waals surface area contributed by atoms with Crippen LogP contribution in [0.2, 0.25) is 10.0 Å². The third-order valence-electron chi connectivity index (χ3n) is 3.57. The van der Waals surface area contributed by atoms with E-state index in [9.17, 15) is 0 Å². The van der Waals surface area contributed by atoms with Gasteiger partial charge in [-0.15, -0.1) is 11.3 Å². The lowest BCUT2D eigenvalue weighted by Gasteiger charge is -2.25. The van der Waals surface area contributed by atoms with Crippen molar-refractivity contribution in [3.05, 3.63) is 38.6 Å². The van der Waals surface area contributed by atoms with Crippen LogP contribution in [0.25, 0.3) is 11.3 Å². The highest BCUT2D eigenvalue weighted by atomic mass is 35.5. The van der Waals surface area contributed by atoms with E-state index in [4.69, 9.17) is 28.2 Å². The number of piperidine rings is 1. The van der Waals surface area contributed by atoms with Gasteiger partial charge in [-0.2, -0.15) is 0 Å². The summed E-state index contributed by atoms with van der Waals surface area (Å²) >= 11 is 13.9. The van der Waals surface area contributed by atoms with Gasteiger partial charge in [0.15, 0.2) is 0 Å². The smallest absolute Gasteiger partial charge is 0.107 e. The van der Waals surface area contributed by atoms with Crippen LogP contribution in [0, 0.1) is 0 Å². The van der Waals surface area contributed by atoms with Gasteiger partial charge in [-0.05, 0) is 44.1 Å². The molecule has 1 saturated heterocycles. The number of halogens is 2. The summed E-state index contributed by atoms with van der Waals surface area (Å²) in [5.74, 6) is 0. The first-order chi connectivity index (χ1) is 9.72. The first-order valence-electron chi connectivity index (χ1n) is 6.84. The Kier molecular flexibility index (Phi) is 4.61. The zero-order valence-corrected chi connectivity index (χ0v) is 13.4. The van der Waals surface area contributed by atoms with Gasteiger partial charge in [0.25, 0.3) is 0 Å². The second kappa shape index (κ2) is 6.44. The molecular weight excluding hydrogens is 311 g/mol. The van der Waals surface area contributed by atoms with Crippen LogP contribution in [-0.2, 0) is 6.54 Å². The highest BCUT2D eigenvalue weighted by molar-refractivity contribution is 7.09. The molecule has 0 atom stereocenters. The Morgan fingerprint density at radius 3 is 2.70 bits per heavy atom. The molecule has 0 aliphatic carbocycles. The second-order valence-corrected chi connectivity index (χ2v) is 6.87. The Balaban J connectivity index is 1.75. The maximum Gasteiger partial charge on any atom is 0.107 e. The van der Waals surface area contributed by atoms with Crippen LogP contribution >= 0.6 is 34.5 Å². The van der Waals surface area contributed by atoms with Gasteiger partial charge in [-0.3, -0.25) is 4.90 Å². The van der Waals surface area contributed by atoms with Crippen LogP contribution in [0.4, 0.5) is 0 Å². The SMILES string of the molecule is Clc1ccc(-c2csc(CN3CCCCC3)n2)c(Cl)c1. The lowest BCUT2D eigenvalue weighted by atomic mass is 10.1. The highest BCUT2D eigenvalue weighted by Crippen LogP contribution is 2.31. The van der Waals surface area contributed by atoms with Gasteiger partial charge in [-0.1, -0.05) is 29.6 Å². The molecule has 0 spiro atoms. The first-order valence-corrected chi connectivity index (χ1v) is 8.48. The van der Waals surface area contributed by atoms with E-state index in [1.807, 2.05) is 12.1 Å². The summed E-state index contributed by atoms with van der Waals surface area (Å²) in [6.07, 6.45) is 3.97. The molecule has 0 radical (unpaired) electrons. The molecule has 1 fully saturated rings. The molecule has 5 heteroatoms. The molecule has 1 aliphatic heterocycles. The molecule has 0 N–H and O–H groups in total. The minimum Gasteiger partial charge on any atom is -0.297 e. The largest absolute Gasteiger partial charge is 0.297 e. The van der Waals surface area contributed by atoms with Gasteiger partial charge in [0.2, 0.25) is 0 Å². The fourth-order valence-corrected chi connectivity index (χ4v) is 3.85. The van der Waals surface area contributed by atoms with Crippen molar-refractivity contribution in [1.29, 1.82) is 0 Å². The monoisotopic (exact) mass is 326 g/mol. The number of benzene rings is 1. The van der Waals surface area contributed by atoms with Crippen molar-refractivity contribution in [2.24, 2.45) is 0 Å². The van der Waals surface area contributed by atoms with E-state index in [1.165, 1.54) is 32.4 Å². The maximum absolute atomic E-state index is 6.23. The van der Waals surface area contributed by atoms with Crippen molar-refractivity contribution in [2.45, 2.75) is 25.8 Å². The van der Waals surface area contributed by atoms with Gasteiger partial charge < -0.3 is 0 Å². The molecule has 0 bridgehead atoms. The number of thiazole rings is 1. The summed E-state index contributed by atoms with van der Waals surface area (Å²) in [5.41, 5.74) is 1.90. The normalized spacial score (nSPS) is 16.5. The Morgan fingerprint density at radius 2 is 1.95 bits per heavy atom. The summed E-state index contributed by atoms with van der Waals surface area (Å²) in [6.45, 7) is 3.34. The first kappa shape index (κ1) is 14.3. The number of hydrogen-bond acceptors (Lipinski definition) is 3. The van der Waals surface area contributed by atoms with Crippen molar-refractivity contribution in [1.82, 2.24) is 9.88 Å². The van der Waals surface area contributed by atoms with Gasteiger partial charge in [0.05, 0.1) is 17.3 Å². The van der Waals surface area contributed by atoms with E-state index in [1.54, 1.807) is 17.4 Å². The lowest BCUT2D eigenvalue weighted by molar-refractivity contribution is 0.220. The van der Waals surface area contributed by atoms with E-state index in [0.29, 0.717) is 10.0 Å². The lowest BCUT2D eigenvalue weighted by Crippen LogP contribution is -2.28. The van der Waals surface area contributed by atoms with Crippen molar-refractivity contribution in [2.75, 3.05) is 13.1 Å². The Hall–Kier alpha value is -0.610. The topological polar surface area (TPSA) is 16.1 Å². The summed E-state index contributed by atoms with van der Waals surface area (Å²) < 4.78 is 0. The van der Waals surface area contributed by atoms with Crippen molar-refractivity contribution in [3.8, 4) is 11.3 Å². The molecular formula is C15H16Cl2N2S. The molecule has 0 saturated carbocycles. The average Bonchev–Trinajstić information content (AvgIpc) is 2.88. The number of hydrogen-bond donors (Lipinski definition) is 0. The van der Waals surface area contributed by atoms with Crippen LogP contribution in [0.3, 0.4) is 0 Å². The molecule has 106 valence electrons. The van der Waals surface area contributed by atoms with Gasteiger partial charge in [0.1, 0.15) is 5.01 Å². The van der Waals surface area contributed by atoms with E-state index in [-0.39, 0.29) is 0 Å². The van der Waals surface area contributed by atoms with E-state index >= 15 is 0 Å². The molecule has 1 aromatic carbocycles. The molecule has 1 aromatic heterocycles. The molecule has 20 heavy (non-hydrogen) atoms. The van der Waals surface area contributed by atoms with Crippen LogP contribution in [0.15, 0.2) is 23.6 Å². The summed E-state index contributed by atoms with van der Waals surface area (Å²) in [6, 6.07) is 5.55. The molecule has 2 heterocycles. The predicted molar refractivity (Wildman–Crippen MR) is 86.7 cm³/mol. The van der Waals surface area contributed by atoms with Crippen LogP contribution in [0.5, 0.6) is 0 Å². The zero-order valence-electron chi connectivity index (χ0n) is 11.1. The van der Waals surface area contributed by atoms with Crippen LogP contribution in [0.1, 0.15) is 24.3 Å². The van der Waals surface area contributed by atoms with Gasteiger partial charge >= 0.3 is 0 Å². The molecule has 0 unspecified atom stereocenters. The molecule has 2 aromatic rings. The summed E-state index contributed by atoms with van der Waals surface area (Å²) in [7, 11) is 0. The number of aromatic nitrogens is 1. The standard InChI is InChI=1S/C15H16Cl2N2S/c16-11-4-5-12(13(17)8-11)14-10-20-15(18-14)9-19-6-2-1-3-7-19/h4-5,8,10H,1-3,6-7,9H2.